The largest absolute Gasteiger partial charge is 0.496 e. The van der Waals surface area contributed by atoms with Crippen LogP contribution in [0, 0.1) is 0 Å². The lowest BCUT2D eigenvalue weighted by atomic mass is 9.98. The van der Waals surface area contributed by atoms with Crippen molar-refractivity contribution in [2.75, 3.05) is 7.11 Å². The summed E-state index contributed by atoms with van der Waals surface area (Å²) in [7, 11) is 1.29. The zero-order valence-electron chi connectivity index (χ0n) is 10.8. The number of aromatic amines is 1. The fraction of sp³-hybridized carbons (Fsp3) is 0.231. The molecule has 0 amide bonds. The Labute approximate surface area is 113 Å². The number of hydrogen-bond acceptors (Lipinski definition) is 3. The Morgan fingerprint density at radius 2 is 2.15 bits per heavy atom. The number of carboxylic acid groups (broad SMARTS) is 1. The number of nitrogens with one attached hydrogen (secondary N) is 1. The van der Waals surface area contributed by atoms with E-state index in [-0.39, 0.29) is 28.3 Å². The van der Waals surface area contributed by atoms with Gasteiger partial charge in [0.1, 0.15) is 11.4 Å². The summed E-state index contributed by atoms with van der Waals surface area (Å²) < 4.78 is 32.5. The molecule has 0 aliphatic heterocycles. The minimum absolute atomic E-state index is 0.0230. The monoisotopic (exact) mass is 282 g/mol. The van der Waals surface area contributed by atoms with Gasteiger partial charge in [-0.1, -0.05) is 12.1 Å². The van der Waals surface area contributed by atoms with Crippen LogP contribution in [0.4, 0.5) is 8.78 Å². The van der Waals surface area contributed by atoms with Crippen molar-refractivity contribution in [3.8, 4) is 17.0 Å². The molecule has 1 aromatic carbocycles. The molecule has 0 bridgehead atoms. The van der Waals surface area contributed by atoms with Gasteiger partial charge in [-0.15, -0.1) is 0 Å². The summed E-state index contributed by atoms with van der Waals surface area (Å²) in [5.74, 6) is -4.34. The van der Waals surface area contributed by atoms with Crippen molar-refractivity contribution in [1.82, 2.24) is 10.2 Å². The number of alkyl halides is 2. The molecule has 5 nitrogen and oxygen atoms in total. The van der Waals surface area contributed by atoms with Gasteiger partial charge in [0.25, 0.3) is 5.92 Å². The van der Waals surface area contributed by atoms with Gasteiger partial charge in [-0.3, -0.25) is 5.10 Å². The van der Waals surface area contributed by atoms with Crippen molar-refractivity contribution in [3.05, 3.63) is 35.5 Å². The van der Waals surface area contributed by atoms with Gasteiger partial charge in [-0.2, -0.15) is 5.10 Å². The number of ether oxygens (including phenoxy) is 1. The highest BCUT2D eigenvalue weighted by molar-refractivity contribution is 5.87. The van der Waals surface area contributed by atoms with Crippen LogP contribution in [0.25, 0.3) is 11.3 Å². The van der Waals surface area contributed by atoms with Crippen LogP contribution in [0.2, 0.25) is 0 Å². The minimum atomic E-state index is -3.15. The van der Waals surface area contributed by atoms with Crippen molar-refractivity contribution < 1.29 is 23.4 Å². The summed E-state index contributed by atoms with van der Waals surface area (Å²) in [5.41, 5.74) is -0.252. The van der Waals surface area contributed by atoms with E-state index in [4.69, 9.17) is 9.84 Å². The maximum Gasteiger partial charge on any atom is 0.353 e. The lowest BCUT2D eigenvalue weighted by Crippen LogP contribution is -2.11. The molecule has 0 spiro atoms. The number of carbonyl (C=O) groups is 1. The number of hydrogen-bond donors (Lipinski definition) is 2. The molecule has 0 aliphatic rings. The van der Waals surface area contributed by atoms with Gasteiger partial charge in [0.15, 0.2) is 0 Å². The van der Waals surface area contributed by atoms with Gasteiger partial charge in [0.2, 0.25) is 0 Å². The van der Waals surface area contributed by atoms with Crippen molar-refractivity contribution in [3.63, 3.8) is 0 Å². The van der Waals surface area contributed by atoms with Gasteiger partial charge in [-0.05, 0) is 12.1 Å². The first kappa shape index (κ1) is 14.0. The lowest BCUT2D eigenvalue weighted by molar-refractivity contribution is 0.0157. The first-order chi connectivity index (χ1) is 9.34. The topological polar surface area (TPSA) is 75.2 Å². The predicted molar refractivity (Wildman–Crippen MR) is 67.1 cm³/mol. The number of aromatic carboxylic acids is 1. The number of benzene rings is 1. The first-order valence-electron chi connectivity index (χ1n) is 5.69. The van der Waals surface area contributed by atoms with Gasteiger partial charge >= 0.3 is 5.97 Å². The number of aromatic nitrogens is 2. The van der Waals surface area contributed by atoms with E-state index in [0.717, 1.165) is 6.92 Å². The SMILES string of the molecule is COc1cccc(-c2cc(C(=O)O)[nH]n2)c1C(C)(F)F. The smallest absolute Gasteiger partial charge is 0.353 e. The number of H-pyrrole nitrogens is 1. The molecule has 0 saturated heterocycles. The average Bonchev–Trinajstić information content (AvgIpc) is 2.86. The van der Waals surface area contributed by atoms with Crippen molar-refractivity contribution in [2.45, 2.75) is 12.8 Å². The van der Waals surface area contributed by atoms with Crippen LogP contribution in [0.15, 0.2) is 24.3 Å². The maximum atomic E-state index is 13.8. The zero-order valence-corrected chi connectivity index (χ0v) is 10.8. The number of rotatable bonds is 4. The van der Waals surface area contributed by atoms with Crippen LogP contribution in [-0.4, -0.2) is 28.4 Å². The average molecular weight is 282 g/mol. The van der Waals surface area contributed by atoms with E-state index in [9.17, 15) is 13.6 Å². The number of carboxylic acids is 1. The van der Waals surface area contributed by atoms with Crippen LogP contribution < -0.4 is 4.74 Å². The molecule has 1 heterocycles. The summed E-state index contributed by atoms with van der Waals surface area (Å²) in [6.07, 6.45) is 0. The molecule has 2 aromatic rings. The summed E-state index contributed by atoms with van der Waals surface area (Å²) in [6, 6.07) is 5.60. The molecule has 106 valence electrons. The van der Waals surface area contributed by atoms with Gasteiger partial charge < -0.3 is 9.84 Å². The molecule has 0 saturated carbocycles. The van der Waals surface area contributed by atoms with Crippen molar-refractivity contribution in [1.29, 1.82) is 0 Å². The van der Waals surface area contributed by atoms with Crippen LogP contribution in [0.1, 0.15) is 23.0 Å². The highest BCUT2D eigenvalue weighted by atomic mass is 19.3. The molecule has 0 unspecified atom stereocenters. The third-order valence-electron chi connectivity index (χ3n) is 2.77. The molecule has 20 heavy (non-hydrogen) atoms. The van der Waals surface area contributed by atoms with Crippen LogP contribution in [-0.2, 0) is 5.92 Å². The van der Waals surface area contributed by atoms with E-state index in [1.54, 1.807) is 6.07 Å². The zero-order chi connectivity index (χ0) is 14.9. The maximum absolute atomic E-state index is 13.8. The van der Waals surface area contributed by atoms with E-state index >= 15 is 0 Å². The second-order valence-electron chi connectivity index (χ2n) is 4.24. The summed E-state index contributed by atoms with van der Waals surface area (Å²) in [5, 5.41) is 14.9. The van der Waals surface area contributed by atoms with E-state index in [1.165, 1.54) is 25.3 Å². The van der Waals surface area contributed by atoms with Crippen LogP contribution in [0.3, 0.4) is 0 Å². The first-order valence-corrected chi connectivity index (χ1v) is 5.69. The Hall–Kier alpha value is -2.44. The second kappa shape index (κ2) is 4.92. The molecule has 2 N–H and O–H groups in total. The molecule has 7 heteroatoms. The summed E-state index contributed by atoms with van der Waals surface area (Å²) in [4.78, 5) is 10.8. The normalized spacial score (nSPS) is 11.4. The third-order valence-corrected chi connectivity index (χ3v) is 2.77. The van der Waals surface area contributed by atoms with Gasteiger partial charge in [-0.25, -0.2) is 13.6 Å². The number of halogens is 2. The van der Waals surface area contributed by atoms with Gasteiger partial charge in [0, 0.05) is 12.5 Å². The predicted octanol–water partition coefficient (Wildman–Crippen LogP) is 2.90. The molecule has 0 atom stereocenters. The van der Waals surface area contributed by atoms with E-state index in [0.29, 0.717) is 0 Å². The summed E-state index contributed by atoms with van der Waals surface area (Å²) >= 11 is 0. The van der Waals surface area contributed by atoms with Crippen LogP contribution in [0.5, 0.6) is 5.75 Å². The molecule has 2 rings (SSSR count). The molecular formula is C13H12F2N2O3. The van der Waals surface area contributed by atoms with Crippen LogP contribution >= 0.6 is 0 Å². The van der Waals surface area contributed by atoms with E-state index in [1.807, 2.05) is 0 Å². The highest BCUT2D eigenvalue weighted by Crippen LogP contribution is 2.41. The summed E-state index contributed by atoms with van der Waals surface area (Å²) in [6.45, 7) is 0.749. The molecular weight excluding hydrogens is 270 g/mol. The van der Waals surface area contributed by atoms with Crippen molar-refractivity contribution in [2.24, 2.45) is 0 Å². The Bertz CT molecular complexity index is 647. The standard InChI is InChI=1S/C13H12F2N2O3/c1-13(14,15)11-7(4-3-5-10(11)20-2)8-6-9(12(18)19)17-16-8/h3-6H,1-2H3,(H,16,17)(H,18,19). The third kappa shape index (κ3) is 2.47. The Morgan fingerprint density at radius 1 is 1.45 bits per heavy atom. The van der Waals surface area contributed by atoms with E-state index < -0.39 is 11.9 Å². The highest BCUT2D eigenvalue weighted by Gasteiger charge is 2.32. The fourth-order valence-corrected chi connectivity index (χ4v) is 1.94. The van der Waals surface area contributed by atoms with Crippen molar-refractivity contribution >= 4 is 5.97 Å². The fourth-order valence-electron chi connectivity index (χ4n) is 1.94. The Balaban J connectivity index is 2.64. The number of nitrogens with zero attached hydrogens (tertiary/aromatic N) is 1. The quantitative estimate of drug-likeness (QED) is 0.904. The van der Waals surface area contributed by atoms with E-state index in [2.05, 4.69) is 10.2 Å². The van der Waals surface area contributed by atoms with Gasteiger partial charge in [0.05, 0.1) is 18.4 Å². The lowest BCUT2D eigenvalue weighted by Gasteiger charge is -2.18. The second-order valence-corrected chi connectivity index (χ2v) is 4.24. The Morgan fingerprint density at radius 3 is 2.65 bits per heavy atom. The Kier molecular flexibility index (Phi) is 3.44. The molecule has 1 aromatic heterocycles. The molecule has 0 aliphatic carbocycles. The number of methoxy groups -OCH3 is 1. The minimum Gasteiger partial charge on any atom is -0.496 e. The molecule has 0 fully saturated rings. The molecule has 0 radical (unpaired) electrons.